The fourth-order valence-corrected chi connectivity index (χ4v) is 1.49. The van der Waals surface area contributed by atoms with Gasteiger partial charge in [0, 0.05) is 19.0 Å². The highest BCUT2D eigenvalue weighted by atomic mass is 19.4. The summed E-state index contributed by atoms with van der Waals surface area (Å²) in [4.78, 5) is 1.23. The Morgan fingerprint density at radius 3 is 2.47 bits per heavy atom. The number of hydrogen-bond acceptors (Lipinski definition) is 5. The molecule has 0 bridgehead atoms. The maximum absolute atomic E-state index is 12.4. The van der Waals surface area contributed by atoms with Gasteiger partial charge in [-0.2, -0.15) is 13.2 Å². The van der Waals surface area contributed by atoms with Gasteiger partial charge in [-0.3, -0.25) is 4.90 Å². The lowest BCUT2D eigenvalue weighted by Gasteiger charge is -2.21. The first-order valence-electron chi connectivity index (χ1n) is 6.08. The highest BCUT2D eigenvalue weighted by Crippen LogP contribution is 2.18. The molecule has 1 rings (SSSR count). The van der Waals surface area contributed by atoms with Crippen molar-refractivity contribution in [3.63, 3.8) is 0 Å². The van der Waals surface area contributed by atoms with Crippen LogP contribution in [0.3, 0.4) is 0 Å². The number of nitrogens with one attached hydrogen (secondary N) is 1. The quantitative estimate of drug-likeness (QED) is 0.825. The van der Waals surface area contributed by atoms with Gasteiger partial charge in [0.25, 0.3) is 0 Å². The van der Waals surface area contributed by atoms with E-state index in [-0.39, 0.29) is 24.9 Å². The predicted octanol–water partition coefficient (Wildman–Crippen LogP) is 1.78. The summed E-state index contributed by atoms with van der Waals surface area (Å²) in [7, 11) is 1.69. The summed E-state index contributed by atoms with van der Waals surface area (Å²) in [5.41, 5.74) is 0. The monoisotopic (exact) mass is 280 g/mol. The smallest absolute Gasteiger partial charge is 0.401 e. The summed E-state index contributed by atoms with van der Waals surface area (Å²) < 4.78 is 42.6. The lowest BCUT2D eigenvalue weighted by Crippen LogP contribution is -2.37. The van der Waals surface area contributed by atoms with E-state index in [0.717, 1.165) is 0 Å². The predicted molar refractivity (Wildman–Crippen MR) is 63.6 cm³/mol. The third kappa shape index (κ3) is 6.02. The second-order valence-corrected chi connectivity index (χ2v) is 4.62. The SMILES string of the molecule is CNCCN(Cc1nnc(C(C)C)o1)CC(F)(F)F. The Labute approximate surface area is 110 Å². The molecule has 110 valence electrons. The van der Waals surface area contributed by atoms with Crippen LogP contribution in [0.2, 0.25) is 0 Å². The first kappa shape index (κ1) is 15.9. The highest BCUT2D eigenvalue weighted by Gasteiger charge is 2.31. The molecule has 1 aromatic rings. The third-order valence-electron chi connectivity index (χ3n) is 2.42. The summed E-state index contributed by atoms with van der Waals surface area (Å²) in [6.45, 7) is 3.49. The fraction of sp³-hybridized carbons (Fsp3) is 0.818. The summed E-state index contributed by atoms with van der Waals surface area (Å²) in [5, 5.41) is 10.4. The van der Waals surface area contributed by atoms with Gasteiger partial charge in [-0.1, -0.05) is 13.8 Å². The van der Waals surface area contributed by atoms with Crippen LogP contribution in [0, 0.1) is 0 Å². The highest BCUT2D eigenvalue weighted by molar-refractivity contribution is 4.87. The zero-order chi connectivity index (χ0) is 14.5. The lowest BCUT2D eigenvalue weighted by molar-refractivity contribution is -0.147. The number of hydrogen-bond donors (Lipinski definition) is 1. The standard InChI is InChI=1S/C11H19F3N4O/c1-8(2)10-17-16-9(19-10)6-18(5-4-15-3)7-11(12,13)14/h8,15H,4-7H2,1-3H3. The minimum absolute atomic E-state index is 0.000903. The van der Waals surface area contributed by atoms with Crippen LogP contribution in [-0.2, 0) is 6.54 Å². The van der Waals surface area contributed by atoms with Gasteiger partial charge in [-0.05, 0) is 7.05 Å². The second kappa shape index (κ2) is 6.85. The fourth-order valence-electron chi connectivity index (χ4n) is 1.49. The number of alkyl halides is 3. The van der Waals surface area contributed by atoms with Crippen LogP contribution >= 0.6 is 0 Å². The maximum Gasteiger partial charge on any atom is 0.401 e. The van der Waals surface area contributed by atoms with E-state index in [4.69, 9.17) is 4.42 Å². The Morgan fingerprint density at radius 2 is 2.00 bits per heavy atom. The number of halogens is 3. The van der Waals surface area contributed by atoms with Gasteiger partial charge < -0.3 is 9.73 Å². The summed E-state index contributed by atoms with van der Waals surface area (Å²) >= 11 is 0. The molecule has 8 heteroatoms. The first-order chi connectivity index (χ1) is 8.81. The molecule has 0 atom stereocenters. The summed E-state index contributed by atoms with van der Waals surface area (Å²) in [5.74, 6) is 0.717. The Kier molecular flexibility index (Phi) is 5.74. The number of aromatic nitrogens is 2. The van der Waals surface area contributed by atoms with E-state index in [1.165, 1.54) is 4.90 Å². The van der Waals surface area contributed by atoms with Gasteiger partial charge in [0.2, 0.25) is 11.8 Å². The first-order valence-corrected chi connectivity index (χ1v) is 6.08. The Balaban J connectivity index is 2.64. The van der Waals surface area contributed by atoms with Gasteiger partial charge in [0.05, 0.1) is 13.1 Å². The topological polar surface area (TPSA) is 54.2 Å². The number of nitrogens with zero attached hydrogens (tertiary/aromatic N) is 3. The van der Waals surface area contributed by atoms with Crippen molar-refractivity contribution in [2.24, 2.45) is 0 Å². The largest absolute Gasteiger partial charge is 0.424 e. The molecule has 0 aliphatic heterocycles. The van der Waals surface area contributed by atoms with Crippen LogP contribution in [-0.4, -0.2) is 48.0 Å². The van der Waals surface area contributed by atoms with Crippen LogP contribution in [0.5, 0.6) is 0 Å². The van der Waals surface area contributed by atoms with Crippen molar-refractivity contribution in [3.8, 4) is 0 Å². The van der Waals surface area contributed by atoms with E-state index >= 15 is 0 Å². The van der Waals surface area contributed by atoms with Crippen molar-refractivity contribution in [3.05, 3.63) is 11.8 Å². The van der Waals surface area contributed by atoms with Crippen molar-refractivity contribution < 1.29 is 17.6 Å². The molecule has 19 heavy (non-hydrogen) atoms. The lowest BCUT2D eigenvalue weighted by atomic mass is 10.2. The van der Waals surface area contributed by atoms with Crippen molar-refractivity contribution in [1.82, 2.24) is 20.4 Å². The zero-order valence-electron chi connectivity index (χ0n) is 11.3. The average molecular weight is 280 g/mol. The molecule has 0 radical (unpaired) electrons. The van der Waals surface area contributed by atoms with Gasteiger partial charge in [-0.25, -0.2) is 0 Å². The van der Waals surface area contributed by atoms with E-state index in [2.05, 4.69) is 15.5 Å². The second-order valence-electron chi connectivity index (χ2n) is 4.62. The van der Waals surface area contributed by atoms with E-state index in [1.807, 2.05) is 13.8 Å². The molecule has 0 saturated carbocycles. The minimum atomic E-state index is -4.24. The Morgan fingerprint density at radius 1 is 1.32 bits per heavy atom. The van der Waals surface area contributed by atoms with Gasteiger partial charge in [0.15, 0.2) is 0 Å². The van der Waals surface area contributed by atoms with E-state index in [1.54, 1.807) is 7.05 Å². The molecule has 0 unspecified atom stereocenters. The minimum Gasteiger partial charge on any atom is -0.424 e. The molecule has 0 spiro atoms. The molecule has 0 amide bonds. The van der Waals surface area contributed by atoms with Gasteiger partial charge in [-0.15, -0.1) is 10.2 Å². The van der Waals surface area contributed by atoms with E-state index < -0.39 is 12.7 Å². The number of likely N-dealkylation sites (N-methyl/N-ethyl adjacent to an activating group) is 1. The van der Waals surface area contributed by atoms with Gasteiger partial charge >= 0.3 is 6.18 Å². The van der Waals surface area contributed by atoms with E-state index in [9.17, 15) is 13.2 Å². The van der Waals surface area contributed by atoms with E-state index in [0.29, 0.717) is 12.4 Å². The molecule has 5 nitrogen and oxygen atoms in total. The molecule has 0 aliphatic carbocycles. The average Bonchev–Trinajstić information content (AvgIpc) is 2.72. The molecule has 0 saturated heterocycles. The molecular weight excluding hydrogens is 261 g/mol. The number of rotatable bonds is 7. The summed E-state index contributed by atoms with van der Waals surface area (Å²) in [6, 6.07) is 0. The zero-order valence-corrected chi connectivity index (χ0v) is 11.3. The van der Waals surface area contributed by atoms with Crippen LogP contribution in [0.25, 0.3) is 0 Å². The molecule has 0 fully saturated rings. The molecule has 1 aromatic heterocycles. The Bertz CT molecular complexity index is 378. The van der Waals surface area contributed by atoms with Crippen molar-refractivity contribution in [2.45, 2.75) is 32.5 Å². The summed E-state index contributed by atoms with van der Waals surface area (Å²) in [6.07, 6.45) is -4.24. The molecule has 1 N–H and O–H groups in total. The normalized spacial score (nSPS) is 12.6. The van der Waals surface area contributed by atoms with Crippen LogP contribution < -0.4 is 5.32 Å². The molecular formula is C11H19F3N4O. The molecule has 0 aliphatic rings. The van der Waals surface area contributed by atoms with Crippen molar-refractivity contribution >= 4 is 0 Å². The third-order valence-corrected chi connectivity index (χ3v) is 2.42. The van der Waals surface area contributed by atoms with Crippen LogP contribution in [0.1, 0.15) is 31.5 Å². The molecule has 0 aromatic carbocycles. The van der Waals surface area contributed by atoms with Crippen LogP contribution in [0.4, 0.5) is 13.2 Å². The van der Waals surface area contributed by atoms with Crippen molar-refractivity contribution in [1.29, 1.82) is 0 Å². The maximum atomic E-state index is 12.4. The molecule has 1 heterocycles. The Hall–Kier alpha value is -1.15. The van der Waals surface area contributed by atoms with Crippen LogP contribution in [0.15, 0.2) is 4.42 Å². The van der Waals surface area contributed by atoms with Crippen molar-refractivity contribution in [2.75, 3.05) is 26.7 Å². The van der Waals surface area contributed by atoms with Gasteiger partial charge in [0.1, 0.15) is 0 Å².